The number of halogens is 2. The maximum absolute atomic E-state index is 12.1. The molecule has 1 aromatic carbocycles. The van der Waals surface area contributed by atoms with Gasteiger partial charge in [0.1, 0.15) is 0 Å². The van der Waals surface area contributed by atoms with Crippen LogP contribution in [0.3, 0.4) is 0 Å². The van der Waals surface area contributed by atoms with Gasteiger partial charge in [-0.3, -0.25) is 9.59 Å². The van der Waals surface area contributed by atoms with Gasteiger partial charge in [-0.25, -0.2) is 0 Å². The molecule has 2 rings (SSSR count). The van der Waals surface area contributed by atoms with Gasteiger partial charge in [-0.1, -0.05) is 23.2 Å². The summed E-state index contributed by atoms with van der Waals surface area (Å²) in [6.45, 7) is 4.14. The lowest BCUT2D eigenvalue weighted by Crippen LogP contribution is -3.14. The predicted octanol–water partition coefficient (Wildman–Crippen LogP) is 1.79. The molecule has 1 amide bonds. The number of benzene rings is 1. The molecule has 0 aromatic heterocycles. The topological polar surface area (TPSA) is 59.8 Å². The molecule has 0 unspecified atom stereocenters. The lowest BCUT2D eigenvalue weighted by Gasteiger charge is -2.27. The van der Waals surface area contributed by atoms with E-state index in [1.165, 1.54) is 0 Å². The average molecular weight is 360 g/mol. The molecule has 0 atom stereocenters. The number of nitrogens with one attached hydrogen (secondary N) is 2. The summed E-state index contributed by atoms with van der Waals surface area (Å²) in [5.41, 5.74) is 0.557. The van der Waals surface area contributed by atoms with Crippen LogP contribution in [0.2, 0.25) is 10.0 Å². The number of quaternary nitrogens is 1. The van der Waals surface area contributed by atoms with E-state index in [4.69, 9.17) is 27.9 Å². The number of likely N-dealkylation sites (tertiary alicyclic amines) is 1. The Morgan fingerprint density at radius 1 is 1.30 bits per heavy atom. The Balaban J connectivity index is 1.79. The molecule has 0 spiro atoms. The Morgan fingerprint density at radius 3 is 2.61 bits per heavy atom. The summed E-state index contributed by atoms with van der Waals surface area (Å²) < 4.78 is 5.05. The molecule has 1 aromatic rings. The van der Waals surface area contributed by atoms with E-state index in [1.807, 2.05) is 6.92 Å². The Hall–Kier alpha value is -1.30. The Kier molecular flexibility index (Phi) is 6.69. The highest BCUT2D eigenvalue weighted by Gasteiger charge is 2.29. The summed E-state index contributed by atoms with van der Waals surface area (Å²) in [4.78, 5) is 25.0. The van der Waals surface area contributed by atoms with Crippen LogP contribution in [0.5, 0.6) is 0 Å². The van der Waals surface area contributed by atoms with Gasteiger partial charge in [0, 0.05) is 17.9 Å². The molecule has 7 heteroatoms. The smallest absolute Gasteiger partial charge is 0.309 e. The molecule has 0 radical (unpaired) electrons. The highest BCUT2D eigenvalue weighted by Crippen LogP contribution is 2.25. The Morgan fingerprint density at radius 2 is 2.00 bits per heavy atom. The lowest BCUT2D eigenvalue weighted by molar-refractivity contribution is -0.897. The molecule has 5 nitrogen and oxygen atoms in total. The van der Waals surface area contributed by atoms with Gasteiger partial charge in [-0.15, -0.1) is 0 Å². The van der Waals surface area contributed by atoms with Crippen LogP contribution >= 0.6 is 23.2 Å². The molecule has 0 aliphatic carbocycles. The number of rotatable bonds is 5. The van der Waals surface area contributed by atoms with Gasteiger partial charge in [0.05, 0.1) is 36.3 Å². The SMILES string of the molecule is CCOC(=O)C1CC[NH+](CC(=O)Nc2ccc(Cl)cc2Cl)CC1. The first-order valence-electron chi connectivity index (χ1n) is 7.74. The second kappa shape index (κ2) is 8.52. The van der Waals surface area contributed by atoms with Gasteiger partial charge >= 0.3 is 5.97 Å². The molecule has 1 saturated heterocycles. The third kappa shape index (κ3) is 5.37. The zero-order valence-corrected chi connectivity index (χ0v) is 14.5. The summed E-state index contributed by atoms with van der Waals surface area (Å²) in [5, 5.41) is 3.74. The summed E-state index contributed by atoms with van der Waals surface area (Å²) in [6.07, 6.45) is 1.51. The zero-order chi connectivity index (χ0) is 16.8. The number of esters is 1. The molecule has 126 valence electrons. The number of hydrogen-bond acceptors (Lipinski definition) is 3. The van der Waals surface area contributed by atoms with Crippen molar-refractivity contribution >= 4 is 40.8 Å². The van der Waals surface area contributed by atoms with Crippen molar-refractivity contribution in [1.82, 2.24) is 0 Å². The van der Waals surface area contributed by atoms with E-state index in [1.54, 1.807) is 18.2 Å². The van der Waals surface area contributed by atoms with Crippen LogP contribution in [-0.2, 0) is 14.3 Å². The van der Waals surface area contributed by atoms with Crippen molar-refractivity contribution in [2.75, 3.05) is 31.6 Å². The first-order chi connectivity index (χ1) is 11.0. The minimum absolute atomic E-state index is 0.0347. The minimum atomic E-state index is -0.121. The van der Waals surface area contributed by atoms with Gasteiger partial charge in [0.25, 0.3) is 5.91 Å². The quantitative estimate of drug-likeness (QED) is 0.788. The molecule has 0 saturated carbocycles. The van der Waals surface area contributed by atoms with Crippen molar-refractivity contribution in [3.8, 4) is 0 Å². The number of carbonyl (C=O) groups is 2. The molecule has 1 fully saturated rings. The minimum Gasteiger partial charge on any atom is -0.466 e. The number of ether oxygens (including phenoxy) is 1. The largest absolute Gasteiger partial charge is 0.466 e. The van der Waals surface area contributed by atoms with Crippen LogP contribution in [-0.4, -0.2) is 38.1 Å². The number of carbonyl (C=O) groups excluding carboxylic acids is 2. The van der Waals surface area contributed by atoms with Gasteiger partial charge in [0.15, 0.2) is 6.54 Å². The highest BCUT2D eigenvalue weighted by molar-refractivity contribution is 6.36. The third-order valence-corrected chi connectivity index (χ3v) is 4.48. The normalized spacial score (nSPS) is 20.8. The predicted molar refractivity (Wildman–Crippen MR) is 90.0 cm³/mol. The standard InChI is InChI=1S/C16H20Cl2N2O3/c1-2-23-16(22)11-5-7-20(8-6-11)10-15(21)19-14-4-3-12(17)9-13(14)18/h3-4,9,11H,2,5-8,10H2,1H3,(H,19,21)/p+1. The zero-order valence-electron chi connectivity index (χ0n) is 13.0. The molecule has 1 heterocycles. The van der Waals surface area contributed by atoms with Crippen LogP contribution in [0.15, 0.2) is 18.2 Å². The molecule has 2 N–H and O–H groups in total. The van der Waals surface area contributed by atoms with Gasteiger partial charge in [-0.2, -0.15) is 0 Å². The van der Waals surface area contributed by atoms with Crippen molar-refractivity contribution < 1.29 is 19.2 Å². The van der Waals surface area contributed by atoms with E-state index in [0.717, 1.165) is 30.8 Å². The summed E-state index contributed by atoms with van der Waals surface area (Å²) >= 11 is 11.9. The summed E-state index contributed by atoms with van der Waals surface area (Å²) in [6, 6.07) is 4.96. The second-order valence-electron chi connectivity index (χ2n) is 5.63. The number of hydrogen-bond donors (Lipinski definition) is 2. The van der Waals surface area contributed by atoms with Gasteiger partial charge in [0.2, 0.25) is 0 Å². The van der Waals surface area contributed by atoms with E-state index in [9.17, 15) is 9.59 Å². The van der Waals surface area contributed by atoms with Crippen LogP contribution in [0, 0.1) is 5.92 Å². The first-order valence-corrected chi connectivity index (χ1v) is 8.50. The Bertz CT molecular complexity index is 572. The lowest BCUT2D eigenvalue weighted by atomic mass is 9.97. The van der Waals surface area contributed by atoms with Gasteiger partial charge < -0.3 is 15.0 Å². The van der Waals surface area contributed by atoms with Crippen molar-refractivity contribution in [2.24, 2.45) is 5.92 Å². The van der Waals surface area contributed by atoms with Crippen molar-refractivity contribution in [3.05, 3.63) is 28.2 Å². The van der Waals surface area contributed by atoms with Crippen LogP contribution in [0.1, 0.15) is 19.8 Å². The molecule has 1 aliphatic rings. The molecule has 0 bridgehead atoms. The van der Waals surface area contributed by atoms with Crippen molar-refractivity contribution in [1.29, 1.82) is 0 Å². The van der Waals surface area contributed by atoms with E-state index in [2.05, 4.69) is 5.32 Å². The monoisotopic (exact) mass is 359 g/mol. The van der Waals surface area contributed by atoms with Crippen molar-refractivity contribution in [2.45, 2.75) is 19.8 Å². The first kappa shape index (κ1) is 18.0. The van der Waals surface area contributed by atoms with Crippen LogP contribution in [0.25, 0.3) is 0 Å². The fraction of sp³-hybridized carbons (Fsp3) is 0.500. The molecule has 23 heavy (non-hydrogen) atoms. The van der Waals surface area contributed by atoms with E-state index < -0.39 is 0 Å². The number of piperidine rings is 1. The average Bonchev–Trinajstić information content (AvgIpc) is 2.51. The fourth-order valence-corrected chi connectivity index (χ4v) is 3.17. The van der Waals surface area contributed by atoms with Crippen LogP contribution < -0.4 is 10.2 Å². The van der Waals surface area contributed by atoms with E-state index in [0.29, 0.717) is 28.9 Å². The van der Waals surface area contributed by atoms with E-state index >= 15 is 0 Å². The van der Waals surface area contributed by atoms with Crippen LogP contribution in [0.4, 0.5) is 5.69 Å². The molecule has 1 aliphatic heterocycles. The second-order valence-corrected chi connectivity index (χ2v) is 6.47. The highest BCUT2D eigenvalue weighted by atomic mass is 35.5. The number of amides is 1. The maximum Gasteiger partial charge on any atom is 0.309 e. The maximum atomic E-state index is 12.1. The summed E-state index contributed by atoms with van der Waals surface area (Å²) in [7, 11) is 0. The fourth-order valence-electron chi connectivity index (χ4n) is 2.71. The van der Waals surface area contributed by atoms with Gasteiger partial charge in [-0.05, 0) is 25.1 Å². The third-order valence-electron chi connectivity index (χ3n) is 3.93. The van der Waals surface area contributed by atoms with E-state index in [-0.39, 0.29) is 17.8 Å². The molecular formula is C16H21Cl2N2O3+. The number of anilines is 1. The molecular weight excluding hydrogens is 339 g/mol. The summed E-state index contributed by atoms with van der Waals surface area (Å²) in [5.74, 6) is -0.254. The van der Waals surface area contributed by atoms with Crippen molar-refractivity contribution in [3.63, 3.8) is 0 Å². The Labute approximate surface area is 145 Å².